The summed E-state index contributed by atoms with van der Waals surface area (Å²) < 4.78 is 0. The maximum absolute atomic E-state index is 8.48. The van der Waals surface area contributed by atoms with E-state index in [0.29, 0.717) is 6.42 Å². The Labute approximate surface area is 71.9 Å². The highest BCUT2D eigenvalue weighted by Gasteiger charge is 2.10. The van der Waals surface area contributed by atoms with Crippen LogP contribution in [0, 0.1) is 11.3 Å². The number of hydrogen-bond donors (Lipinski definition) is 0. The van der Waals surface area contributed by atoms with Crippen LogP contribution in [0.4, 0.5) is 0 Å². The Balaban J connectivity index is 2.34. The first-order valence-corrected chi connectivity index (χ1v) is 4.24. The highest BCUT2D eigenvalue weighted by Crippen LogP contribution is 2.21. The number of nitrogens with zero attached hydrogens (tertiary/aromatic N) is 2. The van der Waals surface area contributed by atoms with E-state index in [1.807, 2.05) is 6.20 Å². The summed E-state index contributed by atoms with van der Waals surface area (Å²) in [6.07, 6.45) is 5.93. The molecule has 0 radical (unpaired) electrons. The lowest BCUT2D eigenvalue weighted by molar-refractivity contribution is 0.911. The standard InChI is InChI=1S/C10H10N2/c11-5-4-10-6-8-2-1-3-9(8)7-12-10/h6-7H,1-4H2. The van der Waals surface area contributed by atoms with Crippen LogP contribution in [0.1, 0.15) is 23.2 Å². The summed E-state index contributed by atoms with van der Waals surface area (Å²) in [6.45, 7) is 0. The van der Waals surface area contributed by atoms with Gasteiger partial charge in [-0.15, -0.1) is 0 Å². The fourth-order valence-corrected chi connectivity index (χ4v) is 1.68. The van der Waals surface area contributed by atoms with Gasteiger partial charge in [-0.2, -0.15) is 5.26 Å². The van der Waals surface area contributed by atoms with Gasteiger partial charge < -0.3 is 0 Å². The average Bonchev–Trinajstić information content (AvgIpc) is 2.51. The predicted molar refractivity (Wildman–Crippen MR) is 45.6 cm³/mol. The molecule has 0 aromatic carbocycles. The van der Waals surface area contributed by atoms with E-state index in [2.05, 4.69) is 17.1 Å². The number of rotatable bonds is 1. The average molecular weight is 158 g/mol. The lowest BCUT2D eigenvalue weighted by Crippen LogP contribution is -1.91. The molecular weight excluding hydrogens is 148 g/mol. The van der Waals surface area contributed by atoms with Crippen molar-refractivity contribution in [3.8, 4) is 6.07 Å². The van der Waals surface area contributed by atoms with Crippen LogP contribution in [0.15, 0.2) is 12.3 Å². The van der Waals surface area contributed by atoms with E-state index in [9.17, 15) is 0 Å². The SMILES string of the molecule is N#CCc1cc2c(cn1)CCC2. The number of fused-ring (bicyclic) bond motifs is 1. The zero-order valence-corrected chi connectivity index (χ0v) is 6.88. The van der Waals surface area contributed by atoms with E-state index in [0.717, 1.165) is 18.5 Å². The molecule has 1 heterocycles. The summed E-state index contributed by atoms with van der Waals surface area (Å²) in [5, 5.41) is 8.48. The van der Waals surface area contributed by atoms with Gasteiger partial charge >= 0.3 is 0 Å². The Bertz CT molecular complexity index is 336. The zero-order chi connectivity index (χ0) is 8.39. The number of nitriles is 1. The summed E-state index contributed by atoms with van der Waals surface area (Å²) in [5.74, 6) is 0. The van der Waals surface area contributed by atoms with Crippen molar-refractivity contribution < 1.29 is 0 Å². The van der Waals surface area contributed by atoms with Crippen molar-refractivity contribution >= 4 is 0 Å². The van der Waals surface area contributed by atoms with Crippen LogP contribution in [0.5, 0.6) is 0 Å². The molecule has 1 aromatic rings. The molecule has 0 spiro atoms. The molecule has 2 rings (SSSR count). The quantitative estimate of drug-likeness (QED) is 0.623. The molecular formula is C10H10N2. The molecule has 0 bridgehead atoms. The van der Waals surface area contributed by atoms with Gasteiger partial charge in [-0.1, -0.05) is 0 Å². The Hall–Kier alpha value is -1.36. The van der Waals surface area contributed by atoms with Crippen molar-refractivity contribution in [1.82, 2.24) is 4.98 Å². The van der Waals surface area contributed by atoms with Crippen molar-refractivity contribution in [3.05, 3.63) is 29.1 Å². The van der Waals surface area contributed by atoms with Crippen LogP contribution in [-0.4, -0.2) is 4.98 Å². The monoisotopic (exact) mass is 158 g/mol. The maximum atomic E-state index is 8.48. The van der Waals surface area contributed by atoms with Crippen molar-refractivity contribution in [1.29, 1.82) is 5.26 Å². The first kappa shape index (κ1) is 7.30. The maximum Gasteiger partial charge on any atom is 0.0774 e. The minimum absolute atomic E-state index is 0.438. The number of aryl methyl sites for hydroxylation is 2. The second-order valence-corrected chi connectivity index (χ2v) is 3.13. The molecule has 0 unspecified atom stereocenters. The van der Waals surface area contributed by atoms with Gasteiger partial charge in [-0.05, 0) is 36.5 Å². The molecule has 60 valence electrons. The third-order valence-electron chi connectivity index (χ3n) is 2.29. The molecule has 0 saturated carbocycles. The van der Waals surface area contributed by atoms with Crippen molar-refractivity contribution in [2.24, 2.45) is 0 Å². The molecule has 2 nitrogen and oxygen atoms in total. The minimum Gasteiger partial charge on any atom is -0.260 e. The lowest BCUT2D eigenvalue weighted by atomic mass is 10.1. The van der Waals surface area contributed by atoms with Crippen LogP contribution in [-0.2, 0) is 19.3 Å². The summed E-state index contributed by atoms with van der Waals surface area (Å²) in [7, 11) is 0. The molecule has 1 aliphatic carbocycles. The van der Waals surface area contributed by atoms with Gasteiger partial charge in [0.15, 0.2) is 0 Å². The molecule has 0 fully saturated rings. The summed E-state index contributed by atoms with van der Waals surface area (Å²) in [5.41, 5.74) is 3.69. The Morgan fingerprint density at radius 1 is 1.42 bits per heavy atom. The van der Waals surface area contributed by atoms with E-state index in [4.69, 9.17) is 5.26 Å². The predicted octanol–water partition coefficient (Wildman–Crippen LogP) is 1.64. The second-order valence-electron chi connectivity index (χ2n) is 3.13. The van der Waals surface area contributed by atoms with E-state index >= 15 is 0 Å². The van der Waals surface area contributed by atoms with Gasteiger partial charge in [0.05, 0.1) is 18.2 Å². The molecule has 0 N–H and O–H groups in total. The van der Waals surface area contributed by atoms with Crippen LogP contribution in [0.3, 0.4) is 0 Å². The topological polar surface area (TPSA) is 36.7 Å². The summed E-state index contributed by atoms with van der Waals surface area (Å²) in [6, 6.07) is 4.19. The minimum atomic E-state index is 0.438. The molecule has 0 amide bonds. The molecule has 1 aromatic heterocycles. The number of aromatic nitrogens is 1. The highest BCUT2D eigenvalue weighted by molar-refractivity contribution is 5.31. The van der Waals surface area contributed by atoms with Gasteiger partial charge in [-0.25, -0.2) is 0 Å². The van der Waals surface area contributed by atoms with Crippen LogP contribution >= 0.6 is 0 Å². The van der Waals surface area contributed by atoms with Gasteiger partial charge in [0, 0.05) is 6.20 Å². The van der Waals surface area contributed by atoms with Crippen LogP contribution in [0.25, 0.3) is 0 Å². The second kappa shape index (κ2) is 2.94. The Morgan fingerprint density at radius 2 is 2.25 bits per heavy atom. The van der Waals surface area contributed by atoms with Crippen molar-refractivity contribution in [3.63, 3.8) is 0 Å². The number of pyridine rings is 1. The van der Waals surface area contributed by atoms with Crippen molar-refractivity contribution in [2.75, 3.05) is 0 Å². The molecule has 0 aliphatic heterocycles. The first-order chi connectivity index (χ1) is 5.90. The lowest BCUT2D eigenvalue weighted by Gasteiger charge is -1.99. The third kappa shape index (κ3) is 1.18. The van der Waals surface area contributed by atoms with E-state index in [1.165, 1.54) is 17.5 Å². The molecule has 0 atom stereocenters. The van der Waals surface area contributed by atoms with Crippen molar-refractivity contribution in [2.45, 2.75) is 25.7 Å². The fraction of sp³-hybridized carbons (Fsp3) is 0.400. The summed E-state index contributed by atoms with van der Waals surface area (Å²) >= 11 is 0. The van der Waals surface area contributed by atoms with Crippen LogP contribution < -0.4 is 0 Å². The molecule has 12 heavy (non-hydrogen) atoms. The fourth-order valence-electron chi connectivity index (χ4n) is 1.68. The third-order valence-corrected chi connectivity index (χ3v) is 2.29. The zero-order valence-electron chi connectivity index (χ0n) is 6.88. The largest absolute Gasteiger partial charge is 0.260 e. The molecule has 1 aliphatic rings. The van der Waals surface area contributed by atoms with Gasteiger partial charge in [0.25, 0.3) is 0 Å². The van der Waals surface area contributed by atoms with E-state index < -0.39 is 0 Å². The van der Waals surface area contributed by atoms with Gasteiger partial charge in [0.2, 0.25) is 0 Å². The highest BCUT2D eigenvalue weighted by atomic mass is 14.7. The smallest absolute Gasteiger partial charge is 0.0774 e. The Kier molecular flexibility index (Phi) is 1.79. The molecule has 2 heteroatoms. The summed E-state index contributed by atoms with van der Waals surface area (Å²) in [4.78, 5) is 4.22. The first-order valence-electron chi connectivity index (χ1n) is 4.24. The Morgan fingerprint density at radius 3 is 3.08 bits per heavy atom. The van der Waals surface area contributed by atoms with Gasteiger partial charge in [-0.3, -0.25) is 4.98 Å². The number of hydrogen-bond acceptors (Lipinski definition) is 2. The van der Waals surface area contributed by atoms with Gasteiger partial charge in [0.1, 0.15) is 0 Å². The van der Waals surface area contributed by atoms with Crippen LogP contribution in [0.2, 0.25) is 0 Å². The molecule has 0 saturated heterocycles. The van der Waals surface area contributed by atoms with E-state index in [1.54, 1.807) is 0 Å². The normalized spacial score (nSPS) is 13.9. The van der Waals surface area contributed by atoms with E-state index in [-0.39, 0.29) is 0 Å².